The molecule has 110 valence electrons. The normalized spacial score (nSPS) is 18.9. The van der Waals surface area contributed by atoms with Crippen molar-refractivity contribution in [2.75, 3.05) is 18.1 Å². The van der Waals surface area contributed by atoms with Crippen LogP contribution in [0.4, 0.5) is 11.4 Å². The molecule has 0 spiro atoms. The number of nitro groups is 1. The van der Waals surface area contributed by atoms with E-state index in [0.29, 0.717) is 5.39 Å². The van der Waals surface area contributed by atoms with Crippen LogP contribution in [0.15, 0.2) is 30.6 Å². The van der Waals surface area contributed by atoms with Crippen LogP contribution in [0.2, 0.25) is 0 Å². The Kier molecular flexibility index (Phi) is 3.70. The molecular formula is C15H17N3O3. The first-order valence-corrected chi connectivity index (χ1v) is 7.11. The Balaban J connectivity index is 2.15. The molecule has 1 aliphatic heterocycles. The third-order valence-corrected chi connectivity index (χ3v) is 4.12. The van der Waals surface area contributed by atoms with Crippen molar-refractivity contribution < 1.29 is 10.0 Å². The maximum absolute atomic E-state index is 11.1. The van der Waals surface area contributed by atoms with Crippen molar-refractivity contribution in [3.8, 4) is 0 Å². The van der Waals surface area contributed by atoms with Gasteiger partial charge in [0, 0.05) is 36.1 Å². The molecule has 0 aliphatic carbocycles. The van der Waals surface area contributed by atoms with Gasteiger partial charge in [-0.05, 0) is 31.4 Å². The van der Waals surface area contributed by atoms with Crippen molar-refractivity contribution in [3.05, 3.63) is 40.7 Å². The topological polar surface area (TPSA) is 79.5 Å². The first-order valence-electron chi connectivity index (χ1n) is 7.11. The fraction of sp³-hybridized carbons (Fsp3) is 0.400. The molecule has 6 nitrogen and oxygen atoms in total. The van der Waals surface area contributed by atoms with E-state index in [4.69, 9.17) is 0 Å². The molecule has 2 aromatic rings. The first-order chi connectivity index (χ1) is 10.2. The zero-order chi connectivity index (χ0) is 14.8. The summed E-state index contributed by atoms with van der Waals surface area (Å²) in [6.45, 7) is 0.962. The molecule has 1 aromatic heterocycles. The Labute approximate surface area is 122 Å². The number of nitrogens with zero attached hydrogens (tertiary/aromatic N) is 3. The number of piperidine rings is 1. The molecule has 2 heterocycles. The summed E-state index contributed by atoms with van der Waals surface area (Å²) < 4.78 is 0. The monoisotopic (exact) mass is 287 g/mol. The Bertz CT molecular complexity index is 674. The maximum atomic E-state index is 11.1. The SMILES string of the molecule is O=[N+]([O-])c1ccc(N2CCCCC2CO)c2ccncc12. The number of non-ortho nitro benzene ring substituents is 1. The number of nitro benzene ring substituents is 1. The van der Waals surface area contributed by atoms with Gasteiger partial charge in [-0.1, -0.05) is 0 Å². The van der Waals surface area contributed by atoms with Crippen LogP contribution in [0, 0.1) is 10.1 Å². The van der Waals surface area contributed by atoms with Gasteiger partial charge in [0.2, 0.25) is 0 Å². The minimum atomic E-state index is -0.381. The molecule has 21 heavy (non-hydrogen) atoms. The van der Waals surface area contributed by atoms with E-state index in [1.54, 1.807) is 18.3 Å². The van der Waals surface area contributed by atoms with E-state index in [1.165, 1.54) is 12.3 Å². The summed E-state index contributed by atoms with van der Waals surface area (Å²) in [7, 11) is 0. The van der Waals surface area contributed by atoms with Crippen molar-refractivity contribution >= 4 is 22.1 Å². The van der Waals surface area contributed by atoms with Gasteiger partial charge in [0.1, 0.15) is 0 Å². The van der Waals surface area contributed by atoms with Crippen molar-refractivity contribution in [3.63, 3.8) is 0 Å². The number of benzene rings is 1. The van der Waals surface area contributed by atoms with Crippen molar-refractivity contribution in [2.24, 2.45) is 0 Å². The van der Waals surface area contributed by atoms with Crippen molar-refractivity contribution in [1.29, 1.82) is 0 Å². The van der Waals surface area contributed by atoms with Gasteiger partial charge < -0.3 is 10.0 Å². The third kappa shape index (κ3) is 2.42. The summed E-state index contributed by atoms with van der Waals surface area (Å²) in [6, 6.07) is 5.20. The van der Waals surface area contributed by atoms with Gasteiger partial charge in [0.15, 0.2) is 0 Å². The Morgan fingerprint density at radius 2 is 2.19 bits per heavy atom. The van der Waals surface area contributed by atoms with E-state index >= 15 is 0 Å². The van der Waals surface area contributed by atoms with Crippen LogP contribution in [-0.4, -0.2) is 34.2 Å². The highest BCUT2D eigenvalue weighted by atomic mass is 16.6. The van der Waals surface area contributed by atoms with Crippen LogP contribution < -0.4 is 4.90 Å². The summed E-state index contributed by atoms with van der Waals surface area (Å²) >= 11 is 0. The predicted octanol–water partition coefficient (Wildman–Crippen LogP) is 2.49. The Hall–Kier alpha value is -2.21. The fourth-order valence-electron chi connectivity index (χ4n) is 3.08. The summed E-state index contributed by atoms with van der Waals surface area (Å²) in [6.07, 6.45) is 6.30. The second-order valence-corrected chi connectivity index (χ2v) is 5.31. The van der Waals surface area contributed by atoms with Crippen LogP contribution >= 0.6 is 0 Å². The van der Waals surface area contributed by atoms with Crippen molar-refractivity contribution in [1.82, 2.24) is 4.98 Å². The van der Waals surface area contributed by atoms with E-state index in [9.17, 15) is 15.2 Å². The number of hydrogen-bond acceptors (Lipinski definition) is 5. The van der Waals surface area contributed by atoms with E-state index in [-0.39, 0.29) is 23.3 Å². The lowest BCUT2D eigenvalue weighted by atomic mass is 9.99. The molecular weight excluding hydrogens is 270 g/mol. The highest BCUT2D eigenvalue weighted by Gasteiger charge is 2.25. The molecule has 1 unspecified atom stereocenters. The van der Waals surface area contributed by atoms with Gasteiger partial charge in [-0.2, -0.15) is 0 Å². The van der Waals surface area contributed by atoms with Crippen molar-refractivity contribution in [2.45, 2.75) is 25.3 Å². The molecule has 0 amide bonds. The van der Waals surface area contributed by atoms with Crippen LogP contribution in [0.3, 0.4) is 0 Å². The molecule has 1 atom stereocenters. The summed E-state index contributed by atoms with van der Waals surface area (Å²) in [4.78, 5) is 16.9. The molecule has 0 bridgehead atoms. The lowest BCUT2D eigenvalue weighted by Gasteiger charge is -2.37. The van der Waals surface area contributed by atoms with Gasteiger partial charge >= 0.3 is 0 Å². The molecule has 0 saturated carbocycles. The zero-order valence-corrected chi connectivity index (χ0v) is 11.6. The number of pyridine rings is 1. The van der Waals surface area contributed by atoms with E-state index < -0.39 is 0 Å². The number of aliphatic hydroxyl groups is 1. The number of hydrogen-bond donors (Lipinski definition) is 1. The lowest BCUT2D eigenvalue weighted by Crippen LogP contribution is -2.42. The smallest absolute Gasteiger partial charge is 0.278 e. The molecule has 1 N–H and O–H groups in total. The first kappa shape index (κ1) is 13.8. The maximum Gasteiger partial charge on any atom is 0.278 e. The average molecular weight is 287 g/mol. The number of aliphatic hydroxyl groups excluding tert-OH is 1. The van der Waals surface area contributed by atoms with Crippen LogP contribution in [0.25, 0.3) is 10.8 Å². The Morgan fingerprint density at radius 1 is 1.33 bits per heavy atom. The highest BCUT2D eigenvalue weighted by Crippen LogP contribution is 2.35. The van der Waals surface area contributed by atoms with Gasteiger partial charge in [-0.3, -0.25) is 15.1 Å². The van der Waals surface area contributed by atoms with Gasteiger partial charge in [0.25, 0.3) is 5.69 Å². The van der Waals surface area contributed by atoms with Crippen LogP contribution in [-0.2, 0) is 0 Å². The minimum absolute atomic E-state index is 0.0689. The average Bonchev–Trinajstić information content (AvgIpc) is 2.53. The standard InChI is InChI=1S/C15H17N3O3/c19-10-11-3-1-2-8-17(11)14-4-5-15(18(20)21)13-9-16-7-6-12(13)14/h4-7,9,11,19H,1-3,8,10H2. The molecule has 6 heteroatoms. The molecule has 1 saturated heterocycles. The molecule has 3 rings (SSSR count). The second-order valence-electron chi connectivity index (χ2n) is 5.31. The third-order valence-electron chi connectivity index (χ3n) is 4.12. The van der Waals surface area contributed by atoms with E-state index in [1.807, 2.05) is 0 Å². The largest absolute Gasteiger partial charge is 0.394 e. The van der Waals surface area contributed by atoms with E-state index in [2.05, 4.69) is 9.88 Å². The number of rotatable bonds is 3. The Morgan fingerprint density at radius 3 is 2.95 bits per heavy atom. The number of anilines is 1. The minimum Gasteiger partial charge on any atom is -0.394 e. The second kappa shape index (κ2) is 5.65. The molecule has 0 radical (unpaired) electrons. The van der Waals surface area contributed by atoms with E-state index in [0.717, 1.165) is 36.9 Å². The molecule has 1 aliphatic rings. The lowest BCUT2D eigenvalue weighted by molar-refractivity contribution is -0.383. The number of aromatic nitrogens is 1. The summed E-state index contributed by atoms with van der Waals surface area (Å²) in [5.74, 6) is 0. The van der Waals surface area contributed by atoms with Crippen LogP contribution in [0.5, 0.6) is 0 Å². The fourth-order valence-corrected chi connectivity index (χ4v) is 3.08. The van der Waals surface area contributed by atoms with Crippen LogP contribution in [0.1, 0.15) is 19.3 Å². The summed E-state index contributed by atoms with van der Waals surface area (Å²) in [5.41, 5.74) is 1.01. The summed E-state index contributed by atoms with van der Waals surface area (Å²) in [5, 5.41) is 22.1. The number of fused-ring (bicyclic) bond motifs is 1. The van der Waals surface area contributed by atoms with Gasteiger partial charge in [-0.25, -0.2) is 0 Å². The quantitative estimate of drug-likeness (QED) is 0.693. The van der Waals surface area contributed by atoms with Gasteiger partial charge in [-0.15, -0.1) is 0 Å². The predicted molar refractivity (Wildman–Crippen MR) is 80.5 cm³/mol. The molecule has 1 aromatic carbocycles. The molecule has 1 fully saturated rings. The van der Waals surface area contributed by atoms with Gasteiger partial charge in [0.05, 0.1) is 23.0 Å². The zero-order valence-electron chi connectivity index (χ0n) is 11.6. The highest BCUT2D eigenvalue weighted by molar-refractivity contribution is 5.99.